The van der Waals surface area contributed by atoms with Crippen molar-refractivity contribution in [2.24, 2.45) is 0 Å². The van der Waals surface area contributed by atoms with E-state index in [0.717, 1.165) is 22.6 Å². The maximum atomic E-state index is 13.1. The standard InChI is InChI=1S/C22H21N5O2S/c1-16-6-8-17(9-7-16)21-25-20-5-3-12-24-22(20)27(21)18-10-13-26(15-18)30(28,29)19-4-2-11-23-14-19/h2-9,11-12,14,18H,10,13,15H2,1H3/t18-/m1/s1. The van der Waals surface area contributed by atoms with Crippen LogP contribution in [0.2, 0.25) is 0 Å². The quantitative estimate of drug-likeness (QED) is 0.506. The van der Waals surface area contributed by atoms with E-state index >= 15 is 0 Å². The smallest absolute Gasteiger partial charge is 0.244 e. The van der Waals surface area contributed by atoms with Gasteiger partial charge in [0, 0.05) is 37.2 Å². The molecule has 0 saturated carbocycles. The third kappa shape index (κ3) is 3.18. The van der Waals surface area contributed by atoms with Crippen LogP contribution in [0.15, 0.2) is 72.0 Å². The Morgan fingerprint density at radius 2 is 1.83 bits per heavy atom. The summed E-state index contributed by atoms with van der Waals surface area (Å²) < 4.78 is 29.7. The second kappa shape index (κ2) is 7.30. The zero-order valence-corrected chi connectivity index (χ0v) is 17.3. The number of hydrogen-bond donors (Lipinski definition) is 0. The van der Waals surface area contributed by atoms with Crippen LogP contribution >= 0.6 is 0 Å². The molecule has 0 N–H and O–H groups in total. The number of aryl methyl sites for hydroxylation is 1. The second-order valence-corrected chi connectivity index (χ2v) is 9.45. The Morgan fingerprint density at radius 3 is 2.60 bits per heavy atom. The highest BCUT2D eigenvalue weighted by Gasteiger charge is 2.35. The van der Waals surface area contributed by atoms with Crippen molar-refractivity contribution in [2.45, 2.75) is 24.3 Å². The number of nitrogens with zero attached hydrogens (tertiary/aromatic N) is 5. The Bertz CT molecular complexity index is 1300. The molecule has 5 rings (SSSR count). The van der Waals surface area contributed by atoms with Gasteiger partial charge >= 0.3 is 0 Å². The van der Waals surface area contributed by atoms with Crippen LogP contribution in [0.3, 0.4) is 0 Å². The molecule has 152 valence electrons. The summed E-state index contributed by atoms with van der Waals surface area (Å²) in [5.74, 6) is 0.814. The average Bonchev–Trinajstić information content (AvgIpc) is 3.40. The summed E-state index contributed by atoms with van der Waals surface area (Å²) >= 11 is 0. The maximum Gasteiger partial charge on any atom is 0.244 e. The van der Waals surface area contributed by atoms with Crippen molar-refractivity contribution in [3.05, 3.63) is 72.7 Å². The predicted octanol–water partition coefficient (Wildman–Crippen LogP) is 3.44. The molecule has 1 aliphatic heterocycles. The molecule has 0 aliphatic carbocycles. The predicted molar refractivity (Wildman–Crippen MR) is 114 cm³/mol. The van der Waals surface area contributed by atoms with Crippen LogP contribution in [0.1, 0.15) is 18.0 Å². The highest BCUT2D eigenvalue weighted by Crippen LogP contribution is 2.34. The average molecular weight is 420 g/mol. The summed E-state index contributed by atoms with van der Waals surface area (Å²) in [5, 5.41) is 0. The minimum Gasteiger partial charge on any atom is -0.304 e. The molecular weight excluding hydrogens is 398 g/mol. The molecule has 4 aromatic rings. The molecule has 8 heteroatoms. The van der Waals surface area contributed by atoms with Gasteiger partial charge < -0.3 is 4.57 Å². The van der Waals surface area contributed by atoms with Crippen molar-refractivity contribution < 1.29 is 8.42 Å². The lowest BCUT2D eigenvalue weighted by Crippen LogP contribution is -2.29. The van der Waals surface area contributed by atoms with Gasteiger partial charge in [0.2, 0.25) is 10.0 Å². The van der Waals surface area contributed by atoms with Crippen LogP contribution in [0.4, 0.5) is 0 Å². The summed E-state index contributed by atoms with van der Waals surface area (Å²) in [5.41, 5.74) is 3.75. The summed E-state index contributed by atoms with van der Waals surface area (Å²) in [4.78, 5) is 13.6. The fourth-order valence-corrected chi connectivity index (χ4v) is 5.43. The molecule has 0 bridgehead atoms. The molecule has 0 amide bonds. The number of fused-ring (bicyclic) bond motifs is 1. The Kier molecular flexibility index (Phi) is 4.60. The van der Waals surface area contributed by atoms with Crippen molar-refractivity contribution in [3.8, 4) is 11.4 Å². The van der Waals surface area contributed by atoms with Crippen LogP contribution in [0, 0.1) is 6.92 Å². The van der Waals surface area contributed by atoms with Crippen molar-refractivity contribution in [1.29, 1.82) is 0 Å². The first-order valence-corrected chi connectivity index (χ1v) is 11.3. The molecule has 0 radical (unpaired) electrons. The zero-order valence-electron chi connectivity index (χ0n) is 16.5. The second-order valence-electron chi connectivity index (χ2n) is 7.51. The van der Waals surface area contributed by atoms with E-state index in [9.17, 15) is 8.42 Å². The minimum atomic E-state index is -3.58. The van der Waals surface area contributed by atoms with E-state index in [1.54, 1.807) is 24.5 Å². The Hall–Kier alpha value is -3.10. The number of aromatic nitrogens is 4. The van der Waals surface area contributed by atoms with E-state index in [1.165, 1.54) is 16.1 Å². The number of benzene rings is 1. The van der Waals surface area contributed by atoms with Crippen LogP contribution in [-0.4, -0.2) is 45.3 Å². The SMILES string of the molecule is Cc1ccc(-c2nc3cccnc3n2[C@@H]2CCN(S(=O)(=O)c3cccnc3)C2)cc1. The van der Waals surface area contributed by atoms with Gasteiger partial charge in [-0.1, -0.05) is 29.8 Å². The Balaban J connectivity index is 1.55. The molecule has 3 aromatic heterocycles. The van der Waals surface area contributed by atoms with Crippen LogP contribution in [0.25, 0.3) is 22.6 Å². The Morgan fingerprint density at radius 1 is 1.03 bits per heavy atom. The minimum absolute atomic E-state index is 0.0485. The van der Waals surface area contributed by atoms with Crippen molar-refractivity contribution in [2.75, 3.05) is 13.1 Å². The topological polar surface area (TPSA) is 81.0 Å². The van der Waals surface area contributed by atoms with Gasteiger partial charge in [-0.15, -0.1) is 0 Å². The number of hydrogen-bond acceptors (Lipinski definition) is 5. The molecule has 1 saturated heterocycles. The molecule has 4 heterocycles. The molecule has 7 nitrogen and oxygen atoms in total. The lowest BCUT2D eigenvalue weighted by molar-refractivity contribution is 0.455. The van der Waals surface area contributed by atoms with E-state index in [4.69, 9.17) is 4.98 Å². The van der Waals surface area contributed by atoms with Gasteiger partial charge in [0.05, 0.1) is 6.04 Å². The third-order valence-corrected chi connectivity index (χ3v) is 7.37. The number of sulfonamides is 1. The molecule has 1 fully saturated rings. The zero-order chi connectivity index (χ0) is 20.7. The molecule has 1 aromatic carbocycles. The highest BCUT2D eigenvalue weighted by molar-refractivity contribution is 7.89. The van der Waals surface area contributed by atoms with Crippen molar-refractivity contribution in [3.63, 3.8) is 0 Å². The summed E-state index contributed by atoms with van der Waals surface area (Å²) in [7, 11) is -3.58. The lowest BCUT2D eigenvalue weighted by atomic mass is 10.1. The number of rotatable bonds is 4. The van der Waals surface area contributed by atoms with Gasteiger partial charge in [-0.3, -0.25) is 4.98 Å². The number of pyridine rings is 2. The molecule has 0 unspecified atom stereocenters. The van der Waals surface area contributed by atoms with Crippen LogP contribution in [0.5, 0.6) is 0 Å². The first kappa shape index (κ1) is 18.9. The largest absolute Gasteiger partial charge is 0.304 e. The normalized spacial score (nSPS) is 17.6. The van der Waals surface area contributed by atoms with Gasteiger partial charge in [-0.25, -0.2) is 18.4 Å². The van der Waals surface area contributed by atoms with E-state index in [2.05, 4.69) is 26.7 Å². The summed E-state index contributed by atoms with van der Waals surface area (Å²) in [6.45, 7) is 2.87. The van der Waals surface area contributed by atoms with Gasteiger partial charge in [0.25, 0.3) is 0 Å². The molecular formula is C22H21N5O2S. The summed E-state index contributed by atoms with van der Waals surface area (Å²) in [6, 6.07) is 15.2. The van der Waals surface area contributed by atoms with Gasteiger partial charge in [-0.2, -0.15) is 4.31 Å². The lowest BCUT2D eigenvalue weighted by Gasteiger charge is -2.18. The third-order valence-electron chi connectivity index (χ3n) is 5.52. The van der Waals surface area contributed by atoms with Crippen molar-refractivity contribution >= 4 is 21.2 Å². The van der Waals surface area contributed by atoms with E-state index in [-0.39, 0.29) is 10.9 Å². The molecule has 1 atom stereocenters. The highest BCUT2D eigenvalue weighted by atomic mass is 32.2. The van der Waals surface area contributed by atoms with Gasteiger partial charge in [0.15, 0.2) is 5.65 Å². The van der Waals surface area contributed by atoms with E-state index in [0.29, 0.717) is 19.5 Å². The van der Waals surface area contributed by atoms with E-state index < -0.39 is 10.0 Å². The fourth-order valence-electron chi connectivity index (χ4n) is 3.97. The monoisotopic (exact) mass is 419 g/mol. The first-order valence-electron chi connectivity index (χ1n) is 9.84. The van der Waals surface area contributed by atoms with Crippen molar-refractivity contribution in [1.82, 2.24) is 23.8 Å². The Labute approximate surface area is 175 Å². The summed E-state index contributed by atoms with van der Waals surface area (Å²) in [6.07, 6.45) is 5.41. The van der Waals surface area contributed by atoms with Crippen LogP contribution in [-0.2, 0) is 10.0 Å². The molecule has 0 spiro atoms. The number of imidazole rings is 1. The maximum absolute atomic E-state index is 13.1. The first-order chi connectivity index (χ1) is 14.5. The van der Waals surface area contributed by atoms with Crippen LogP contribution < -0.4 is 0 Å². The molecule has 1 aliphatic rings. The van der Waals surface area contributed by atoms with Gasteiger partial charge in [0.1, 0.15) is 16.2 Å². The fraction of sp³-hybridized carbons (Fsp3) is 0.227. The van der Waals surface area contributed by atoms with Gasteiger partial charge in [-0.05, 0) is 37.6 Å². The molecule has 30 heavy (non-hydrogen) atoms. The van der Waals surface area contributed by atoms with E-state index in [1.807, 2.05) is 31.2 Å².